The van der Waals surface area contributed by atoms with Crippen molar-refractivity contribution in [3.8, 4) is 0 Å². The van der Waals surface area contributed by atoms with E-state index in [1.54, 1.807) is 0 Å². The molecule has 19 heavy (non-hydrogen) atoms. The van der Waals surface area contributed by atoms with Gasteiger partial charge in [-0.05, 0) is 24.6 Å². The molecule has 0 heterocycles. The van der Waals surface area contributed by atoms with Crippen molar-refractivity contribution in [1.82, 2.24) is 4.90 Å². The summed E-state index contributed by atoms with van der Waals surface area (Å²) in [6.45, 7) is 9.56. The quantitative estimate of drug-likeness (QED) is 0.781. The molecule has 4 nitrogen and oxygen atoms in total. The SMILES string of the molecule is C=C(C)c1ccccc1CN(CC)CCS(=O)(=O)O. The zero-order valence-electron chi connectivity index (χ0n) is 11.5. The molecular formula is C14H21NO3S. The van der Waals surface area contributed by atoms with Gasteiger partial charge in [-0.15, -0.1) is 0 Å². The molecule has 0 aliphatic rings. The summed E-state index contributed by atoms with van der Waals surface area (Å²) in [5.74, 6) is -0.240. The van der Waals surface area contributed by atoms with Gasteiger partial charge in [0.05, 0.1) is 5.75 Å². The van der Waals surface area contributed by atoms with Gasteiger partial charge in [0, 0.05) is 13.1 Å². The minimum atomic E-state index is -3.91. The van der Waals surface area contributed by atoms with Crippen molar-refractivity contribution >= 4 is 15.7 Å². The van der Waals surface area contributed by atoms with Gasteiger partial charge in [0.2, 0.25) is 0 Å². The average Bonchev–Trinajstić information content (AvgIpc) is 2.33. The standard InChI is InChI=1S/C14H21NO3S/c1-4-15(9-10-19(16,17)18)11-13-7-5-6-8-14(13)12(2)3/h5-8H,2,4,9-11H2,1,3H3,(H,16,17,18). The fourth-order valence-corrected chi connectivity index (χ4v) is 2.40. The molecule has 0 saturated heterocycles. The summed E-state index contributed by atoms with van der Waals surface area (Å²) in [4.78, 5) is 1.98. The Hall–Kier alpha value is -1.17. The number of benzene rings is 1. The van der Waals surface area contributed by atoms with E-state index in [4.69, 9.17) is 4.55 Å². The molecule has 0 aliphatic heterocycles. The number of allylic oxidation sites excluding steroid dienone is 1. The lowest BCUT2D eigenvalue weighted by atomic mass is 10.0. The zero-order valence-corrected chi connectivity index (χ0v) is 12.3. The summed E-state index contributed by atoms with van der Waals surface area (Å²) in [5.41, 5.74) is 3.20. The molecule has 0 radical (unpaired) electrons. The predicted octanol–water partition coefficient (Wildman–Crippen LogP) is 2.43. The second-order valence-electron chi connectivity index (χ2n) is 4.59. The van der Waals surface area contributed by atoms with Crippen molar-refractivity contribution in [2.75, 3.05) is 18.8 Å². The highest BCUT2D eigenvalue weighted by atomic mass is 32.2. The Kier molecular flexibility index (Phi) is 5.72. The van der Waals surface area contributed by atoms with Crippen LogP contribution in [0.3, 0.4) is 0 Å². The molecule has 0 unspecified atom stereocenters. The van der Waals surface area contributed by atoms with Crippen LogP contribution in [0.1, 0.15) is 25.0 Å². The van der Waals surface area contributed by atoms with Crippen LogP contribution in [0.4, 0.5) is 0 Å². The highest BCUT2D eigenvalue weighted by molar-refractivity contribution is 7.85. The van der Waals surface area contributed by atoms with E-state index in [2.05, 4.69) is 6.58 Å². The molecule has 1 rings (SSSR count). The van der Waals surface area contributed by atoms with Crippen LogP contribution in [0.5, 0.6) is 0 Å². The van der Waals surface area contributed by atoms with Crippen molar-refractivity contribution in [3.05, 3.63) is 42.0 Å². The summed E-state index contributed by atoms with van der Waals surface area (Å²) in [7, 11) is -3.91. The lowest BCUT2D eigenvalue weighted by Crippen LogP contribution is -2.29. The van der Waals surface area contributed by atoms with Crippen LogP contribution in [0.15, 0.2) is 30.8 Å². The summed E-state index contributed by atoms with van der Waals surface area (Å²) >= 11 is 0. The fourth-order valence-electron chi connectivity index (χ4n) is 1.91. The molecule has 1 N–H and O–H groups in total. The summed E-state index contributed by atoms with van der Waals surface area (Å²) in [6, 6.07) is 7.94. The normalized spacial score (nSPS) is 11.8. The highest BCUT2D eigenvalue weighted by Gasteiger charge is 2.11. The van der Waals surface area contributed by atoms with Gasteiger partial charge in [0.25, 0.3) is 10.1 Å². The Morgan fingerprint density at radius 1 is 1.37 bits per heavy atom. The van der Waals surface area contributed by atoms with Crippen LogP contribution in [0.25, 0.3) is 5.57 Å². The van der Waals surface area contributed by atoms with Gasteiger partial charge in [-0.25, -0.2) is 0 Å². The van der Waals surface area contributed by atoms with Crippen molar-refractivity contribution in [1.29, 1.82) is 0 Å². The molecule has 106 valence electrons. The van der Waals surface area contributed by atoms with E-state index in [9.17, 15) is 8.42 Å². The Balaban J connectivity index is 2.79. The van der Waals surface area contributed by atoms with Crippen molar-refractivity contribution in [3.63, 3.8) is 0 Å². The van der Waals surface area contributed by atoms with Crippen LogP contribution in [-0.4, -0.2) is 36.7 Å². The van der Waals surface area contributed by atoms with Gasteiger partial charge in [-0.2, -0.15) is 8.42 Å². The number of nitrogens with zero attached hydrogens (tertiary/aromatic N) is 1. The molecule has 0 aromatic heterocycles. The first kappa shape index (κ1) is 15.9. The van der Waals surface area contributed by atoms with Crippen molar-refractivity contribution in [2.45, 2.75) is 20.4 Å². The second-order valence-corrected chi connectivity index (χ2v) is 6.16. The molecule has 5 heteroatoms. The molecule has 0 saturated carbocycles. The summed E-state index contributed by atoms with van der Waals surface area (Å²) < 4.78 is 30.4. The minimum Gasteiger partial charge on any atom is -0.298 e. The van der Waals surface area contributed by atoms with Crippen LogP contribution in [0.2, 0.25) is 0 Å². The van der Waals surface area contributed by atoms with Crippen molar-refractivity contribution < 1.29 is 13.0 Å². The molecule has 1 aromatic rings. The Morgan fingerprint density at radius 2 is 2.00 bits per heavy atom. The summed E-state index contributed by atoms with van der Waals surface area (Å²) in [6.07, 6.45) is 0. The average molecular weight is 283 g/mol. The molecular weight excluding hydrogens is 262 g/mol. The van der Waals surface area contributed by atoms with E-state index in [0.717, 1.165) is 23.2 Å². The maximum absolute atomic E-state index is 10.8. The molecule has 0 bridgehead atoms. The zero-order chi connectivity index (χ0) is 14.5. The largest absolute Gasteiger partial charge is 0.298 e. The first-order chi connectivity index (χ1) is 8.83. The molecule has 0 fully saturated rings. The number of hydrogen-bond acceptors (Lipinski definition) is 3. The van der Waals surface area contributed by atoms with Gasteiger partial charge in [-0.1, -0.05) is 43.3 Å². The van der Waals surface area contributed by atoms with Crippen LogP contribution >= 0.6 is 0 Å². The Morgan fingerprint density at radius 3 is 2.53 bits per heavy atom. The third-order valence-electron chi connectivity index (χ3n) is 2.98. The number of rotatable bonds is 7. The minimum absolute atomic E-state index is 0.240. The van der Waals surface area contributed by atoms with Gasteiger partial charge in [-0.3, -0.25) is 9.45 Å². The van der Waals surface area contributed by atoms with E-state index in [0.29, 0.717) is 13.1 Å². The molecule has 0 atom stereocenters. The number of hydrogen-bond donors (Lipinski definition) is 1. The third kappa shape index (κ3) is 5.55. The second kappa shape index (κ2) is 6.84. The third-order valence-corrected chi connectivity index (χ3v) is 3.68. The van der Waals surface area contributed by atoms with Crippen LogP contribution < -0.4 is 0 Å². The summed E-state index contributed by atoms with van der Waals surface area (Å²) in [5, 5.41) is 0. The Bertz CT molecular complexity index is 537. The fraction of sp³-hybridized carbons (Fsp3) is 0.429. The molecule has 0 spiro atoms. The topological polar surface area (TPSA) is 57.6 Å². The first-order valence-electron chi connectivity index (χ1n) is 6.24. The van der Waals surface area contributed by atoms with Crippen LogP contribution in [0, 0.1) is 0 Å². The van der Waals surface area contributed by atoms with Gasteiger partial charge in [0.1, 0.15) is 0 Å². The van der Waals surface area contributed by atoms with E-state index in [1.807, 2.05) is 43.0 Å². The van der Waals surface area contributed by atoms with Gasteiger partial charge < -0.3 is 0 Å². The predicted molar refractivity (Wildman–Crippen MR) is 78.5 cm³/mol. The monoisotopic (exact) mass is 283 g/mol. The lowest BCUT2D eigenvalue weighted by Gasteiger charge is -2.21. The van der Waals surface area contributed by atoms with E-state index < -0.39 is 10.1 Å². The molecule has 1 aromatic carbocycles. The van der Waals surface area contributed by atoms with Crippen molar-refractivity contribution in [2.24, 2.45) is 0 Å². The van der Waals surface area contributed by atoms with E-state index in [-0.39, 0.29) is 5.75 Å². The maximum atomic E-state index is 10.8. The van der Waals surface area contributed by atoms with Gasteiger partial charge in [0.15, 0.2) is 0 Å². The molecule has 0 amide bonds. The van der Waals surface area contributed by atoms with Gasteiger partial charge >= 0.3 is 0 Å². The first-order valence-corrected chi connectivity index (χ1v) is 7.85. The van der Waals surface area contributed by atoms with E-state index >= 15 is 0 Å². The maximum Gasteiger partial charge on any atom is 0.266 e. The Labute approximate surface area is 115 Å². The van der Waals surface area contributed by atoms with E-state index in [1.165, 1.54) is 0 Å². The van der Waals surface area contributed by atoms with Crippen LogP contribution in [-0.2, 0) is 16.7 Å². The highest BCUT2D eigenvalue weighted by Crippen LogP contribution is 2.18. The molecule has 0 aliphatic carbocycles. The lowest BCUT2D eigenvalue weighted by molar-refractivity contribution is 0.294. The smallest absolute Gasteiger partial charge is 0.266 e.